The minimum atomic E-state index is -0.450. The van der Waals surface area contributed by atoms with Gasteiger partial charge in [-0.05, 0) is 0 Å². The molecule has 16 heavy (non-hydrogen) atoms. The third kappa shape index (κ3) is 3.49. The average molecular weight is 288 g/mol. The molecule has 1 aromatic carbocycles. The molecule has 0 aliphatic carbocycles. The fraction of sp³-hybridized carbons (Fsp3) is 0.500. The van der Waals surface area contributed by atoms with Crippen LogP contribution in [0.3, 0.4) is 0 Å². The van der Waals surface area contributed by atoms with Crippen LogP contribution in [0, 0.1) is 0 Å². The van der Waals surface area contributed by atoms with E-state index in [-0.39, 0.29) is 0 Å². The van der Waals surface area contributed by atoms with Gasteiger partial charge < -0.3 is 0 Å². The van der Waals surface area contributed by atoms with Gasteiger partial charge in [0.2, 0.25) is 0 Å². The zero-order valence-electron chi connectivity index (χ0n) is 10.1. The Labute approximate surface area is 104 Å². The van der Waals surface area contributed by atoms with Crippen LogP contribution in [0.5, 0.6) is 5.75 Å². The summed E-state index contributed by atoms with van der Waals surface area (Å²) in [5.41, 5.74) is 1.17. The van der Waals surface area contributed by atoms with E-state index in [1.54, 1.807) is 7.11 Å². The van der Waals surface area contributed by atoms with Crippen molar-refractivity contribution < 1.29 is 8.93 Å². The van der Waals surface area contributed by atoms with Gasteiger partial charge in [-0.1, -0.05) is 0 Å². The van der Waals surface area contributed by atoms with E-state index >= 15 is 0 Å². The van der Waals surface area contributed by atoms with Gasteiger partial charge in [0.1, 0.15) is 0 Å². The van der Waals surface area contributed by atoms with Crippen molar-refractivity contribution in [3.63, 3.8) is 0 Å². The van der Waals surface area contributed by atoms with Crippen LogP contribution in [0.25, 0.3) is 0 Å². The van der Waals surface area contributed by atoms with E-state index < -0.39 is 15.3 Å². The molecule has 0 heterocycles. The molecule has 1 N–H and O–H groups in total. The van der Waals surface area contributed by atoms with Crippen molar-refractivity contribution in [3.8, 4) is 5.75 Å². The maximum atomic E-state index is 9.34. The van der Waals surface area contributed by atoms with E-state index in [9.17, 15) is 4.19 Å². The Balaban J connectivity index is 2.90. The first-order valence-corrected chi connectivity index (χ1v) is 7.08. The molecule has 0 amide bonds. The number of methoxy groups -OCH3 is 1. The van der Waals surface area contributed by atoms with E-state index in [1.807, 2.05) is 18.2 Å². The number of hydrogen-bond donors (Lipinski definition) is 1. The molecule has 1 rings (SSSR count). The van der Waals surface area contributed by atoms with Crippen LogP contribution in [0.2, 0.25) is 0 Å². The first-order chi connectivity index (χ1) is 7.74. The van der Waals surface area contributed by atoms with Gasteiger partial charge in [-0.25, -0.2) is 0 Å². The van der Waals surface area contributed by atoms with Crippen LogP contribution >= 0.6 is 0 Å². The Bertz CT molecular complexity index is 327. The SMILES string of the molecule is CCN(CC)Cc1cc(OC)ccc1[Se]O. The zero-order chi connectivity index (χ0) is 12.0. The third-order valence-corrected chi connectivity index (χ3v) is 3.90. The van der Waals surface area contributed by atoms with E-state index in [0.717, 1.165) is 29.8 Å². The molecule has 3 nitrogen and oxygen atoms in total. The summed E-state index contributed by atoms with van der Waals surface area (Å²) in [5.74, 6) is 0.857. The summed E-state index contributed by atoms with van der Waals surface area (Å²) in [6.45, 7) is 7.21. The van der Waals surface area contributed by atoms with Crippen molar-refractivity contribution in [3.05, 3.63) is 23.8 Å². The summed E-state index contributed by atoms with van der Waals surface area (Å²) in [5, 5.41) is 0. The second-order valence-corrected chi connectivity index (χ2v) is 4.83. The maximum absolute atomic E-state index is 9.34. The monoisotopic (exact) mass is 289 g/mol. The van der Waals surface area contributed by atoms with E-state index in [4.69, 9.17) is 4.74 Å². The van der Waals surface area contributed by atoms with Crippen molar-refractivity contribution in [2.24, 2.45) is 0 Å². The third-order valence-electron chi connectivity index (χ3n) is 2.65. The normalized spacial score (nSPS) is 10.8. The number of hydrogen-bond acceptors (Lipinski definition) is 3. The second-order valence-electron chi connectivity index (χ2n) is 3.53. The van der Waals surface area contributed by atoms with Gasteiger partial charge >= 0.3 is 104 Å². The topological polar surface area (TPSA) is 32.7 Å². The number of nitrogens with zero attached hydrogens (tertiary/aromatic N) is 1. The van der Waals surface area contributed by atoms with E-state index in [0.29, 0.717) is 0 Å². The summed E-state index contributed by atoms with van der Waals surface area (Å²) in [7, 11) is 1.67. The average Bonchev–Trinajstić information content (AvgIpc) is 2.35. The van der Waals surface area contributed by atoms with Gasteiger partial charge in [0.05, 0.1) is 0 Å². The molecule has 0 saturated carbocycles. The van der Waals surface area contributed by atoms with Crippen LogP contribution in [0.4, 0.5) is 0 Å². The van der Waals surface area contributed by atoms with Gasteiger partial charge in [0.15, 0.2) is 0 Å². The Morgan fingerprint density at radius 1 is 1.31 bits per heavy atom. The van der Waals surface area contributed by atoms with Crippen molar-refractivity contribution >= 4 is 19.7 Å². The second kappa shape index (κ2) is 6.92. The van der Waals surface area contributed by atoms with E-state index in [1.165, 1.54) is 5.56 Å². The summed E-state index contributed by atoms with van der Waals surface area (Å²) in [6.07, 6.45) is 0. The molecule has 0 spiro atoms. The van der Waals surface area contributed by atoms with Crippen LogP contribution < -0.4 is 9.20 Å². The first-order valence-electron chi connectivity index (χ1n) is 5.45. The summed E-state index contributed by atoms with van der Waals surface area (Å²) in [4.78, 5) is 2.32. The first kappa shape index (κ1) is 13.5. The molecule has 4 heteroatoms. The Hall–Kier alpha value is -0.541. The van der Waals surface area contributed by atoms with Crippen LogP contribution in [0.1, 0.15) is 19.4 Å². The van der Waals surface area contributed by atoms with Crippen molar-refractivity contribution in [1.82, 2.24) is 4.90 Å². The fourth-order valence-electron chi connectivity index (χ4n) is 1.58. The van der Waals surface area contributed by atoms with Gasteiger partial charge in [0.25, 0.3) is 0 Å². The quantitative estimate of drug-likeness (QED) is 0.785. The standard InChI is InChI=1S/C12H19NO2Se/c1-4-13(5-2)9-10-8-11(15-3)6-7-12(10)16-14/h6-8,14H,4-5,9H2,1-3H3. The molecule has 0 bridgehead atoms. The Morgan fingerprint density at radius 2 is 2.00 bits per heavy atom. The molecule has 0 aliphatic rings. The van der Waals surface area contributed by atoms with Crippen molar-refractivity contribution in [1.29, 1.82) is 0 Å². The zero-order valence-corrected chi connectivity index (χ0v) is 11.8. The molecule has 1 aromatic rings. The predicted molar refractivity (Wildman–Crippen MR) is 67.2 cm³/mol. The summed E-state index contributed by atoms with van der Waals surface area (Å²) < 4.78 is 15.6. The number of ether oxygens (including phenoxy) is 1. The van der Waals surface area contributed by atoms with Gasteiger partial charge in [-0.3, -0.25) is 0 Å². The molecule has 0 fully saturated rings. The molecule has 0 aliphatic heterocycles. The molecule has 90 valence electrons. The van der Waals surface area contributed by atoms with Gasteiger partial charge in [-0.2, -0.15) is 0 Å². The molecule has 0 atom stereocenters. The van der Waals surface area contributed by atoms with Gasteiger partial charge in [-0.15, -0.1) is 0 Å². The Morgan fingerprint density at radius 3 is 2.50 bits per heavy atom. The number of benzene rings is 1. The molecular formula is C12H19NO2Se. The molecular weight excluding hydrogens is 269 g/mol. The predicted octanol–water partition coefficient (Wildman–Crippen LogP) is 0.774. The van der Waals surface area contributed by atoms with Crippen LogP contribution in [-0.2, 0) is 6.54 Å². The van der Waals surface area contributed by atoms with Crippen LogP contribution in [-0.4, -0.2) is 44.6 Å². The molecule has 0 radical (unpaired) electrons. The summed E-state index contributed by atoms with van der Waals surface area (Å²) in [6, 6.07) is 5.88. The Kier molecular flexibility index (Phi) is 5.85. The van der Waals surface area contributed by atoms with Crippen molar-refractivity contribution in [2.75, 3.05) is 20.2 Å². The summed E-state index contributed by atoms with van der Waals surface area (Å²) >= 11 is -0.450. The number of rotatable bonds is 6. The van der Waals surface area contributed by atoms with Crippen molar-refractivity contribution in [2.45, 2.75) is 20.4 Å². The minimum absolute atomic E-state index is 0.450. The van der Waals surface area contributed by atoms with E-state index in [2.05, 4.69) is 18.7 Å². The van der Waals surface area contributed by atoms with Gasteiger partial charge in [0, 0.05) is 0 Å². The fourth-order valence-corrected chi connectivity index (χ4v) is 2.36. The van der Waals surface area contributed by atoms with Crippen LogP contribution in [0.15, 0.2) is 18.2 Å². The molecule has 0 unspecified atom stereocenters. The molecule has 0 saturated heterocycles. The molecule has 0 aromatic heterocycles.